The molecule has 0 aliphatic carbocycles. The van der Waals surface area contributed by atoms with Crippen molar-refractivity contribution in [2.75, 3.05) is 13.1 Å². The number of thiazole rings is 1. The number of fused-ring (bicyclic) bond motifs is 1. The lowest BCUT2D eigenvalue weighted by molar-refractivity contribution is 0.0761. The van der Waals surface area contributed by atoms with E-state index in [-0.39, 0.29) is 5.91 Å². The summed E-state index contributed by atoms with van der Waals surface area (Å²) >= 11 is 7.65. The Balaban J connectivity index is 1.65. The van der Waals surface area contributed by atoms with Crippen LogP contribution in [0.2, 0.25) is 5.02 Å². The molecule has 3 aromatic heterocycles. The van der Waals surface area contributed by atoms with Gasteiger partial charge in [-0.2, -0.15) is 5.10 Å². The van der Waals surface area contributed by atoms with Crippen LogP contribution in [0.1, 0.15) is 22.5 Å². The van der Waals surface area contributed by atoms with Crippen LogP contribution in [0.5, 0.6) is 0 Å². The van der Waals surface area contributed by atoms with Gasteiger partial charge in [-0.15, -0.1) is 11.3 Å². The number of carbonyl (C=O) groups excluding carboxylic acids is 1. The van der Waals surface area contributed by atoms with Crippen molar-refractivity contribution in [1.29, 1.82) is 0 Å². The van der Waals surface area contributed by atoms with E-state index in [1.807, 2.05) is 31.2 Å². The van der Waals surface area contributed by atoms with Crippen LogP contribution in [0.3, 0.4) is 0 Å². The lowest BCUT2D eigenvalue weighted by Crippen LogP contribution is -2.30. The van der Waals surface area contributed by atoms with Gasteiger partial charge >= 0.3 is 0 Å². The number of benzene rings is 1. The molecule has 0 spiro atoms. The lowest BCUT2D eigenvalue weighted by Gasteiger charge is -2.14. The maximum absolute atomic E-state index is 13.2. The van der Waals surface area contributed by atoms with E-state index in [1.165, 1.54) is 11.3 Å². The zero-order valence-electron chi connectivity index (χ0n) is 16.1. The Morgan fingerprint density at radius 3 is 2.97 bits per heavy atom. The molecule has 0 bridgehead atoms. The Kier molecular flexibility index (Phi) is 4.77. The Labute approximate surface area is 181 Å². The third-order valence-electron chi connectivity index (χ3n) is 5.33. The van der Waals surface area contributed by atoms with Gasteiger partial charge in [0.25, 0.3) is 5.91 Å². The third-order valence-corrected chi connectivity index (χ3v) is 6.86. The topological polar surface area (TPSA) is 95.0 Å². The normalized spacial score (nSPS) is 16.5. The molecule has 1 aromatic carbocycles. The number of rotatable bonds is 3. The molecule has 0 radical (unpaired) electrons. The van der Waals surface area contributed by atoms with Crippen molar-refractivity contribution in [3.63, 3.8) is 0 Å². The number of aromatic amines is 1. The number of aryl methyl sites for hydroxylation is 1. The Hall–Kier alpha value is -2.81. The zero-order chi connectivity index (χ0) is 20.8. The monoisotopic (exact) mass is 439 g/mol. The largest absolute Gasteiger partial charge is 0.391 e. The average Bonchev–Trinajstić information content (AvgIpc) is 3.48. The number of nitrogens with one attached hydrogen (secondary N) is 1. The molecular weight excluding hydrogens is 422 g/mol. The molecule has 1 atom stereocenters. The number of halogens is 1. The van der Waals surface area contributed by atoms with Gasteiger partial charge in [0.15, 0.2) is 0 Å². The molecule has 0 saturated carbocycles. The summed E-state index contributed by atoms with van der Waals surface area (Å²) in [5.74, 6) is -0.184. The number of H-pyrrole nitrogens is 1. The molecule has 30 heavy (non-hydrogen) atoms. The predicted octanol–water partition coefficient (Wildman–Crippen LogP) is 3.92. The highest BCUT2D eigenvalue weighted by Gasteiger charge is 2.30. The van der Waals surface area contributed by atoms with Crippen LogP contribution >= 0.6 is 22.9 Å². The van der Waals surface area contributed by atoms with Crippen LogP contribution in [0.15, 0.2) is 36.7 Å². The Morgan fingerprint density at radius 1 is 1.37 bits per heavy atom. The highest BCUT2D eigenvalue weighted by molar-refractivity contribution is 7.18. The maximum Gasteiger partial charge on any atom is 0.274 e. The number of aliphatic hydroxyl groups is 1. The second-order valence-electron chi connectivity index (χ2n) is 7.30. The van der Waals surface area contributed by atoms with Crippen LogP contribution in [-0.4, -0.2) is 55.3 Å². The zero-order valence-corrected chi connectivity index (χ0v) is 17.7. The predicted molar refractivity (Wildman–Crippen MR) is 117 cm³/mol. The molecule has 7 nitrogen and oxygen atoms in total. The number of aromatic nitrogens is 4. The molecule has 5 rings (SSSR count). The van der Waals surface area contributed by atoms with Crippen molar-refractivity contribution < 1.29 is 9.90 Å². The van der Waals surface area contributed by atoms with E-state index < -0.39 is 6.10 Å². The first-order chi connectivity index (χ1) is 14.5. The van der Waals surface area contributed by atoms with E-state index in [0.29, 0.717) is 35.2 Å². The van der Waals surface area contributed by atoms with Gasteiger partial charge in [-0.05, 0) is 37.1 Å². The summed E-state index contributed by atoms with van der Waals surface area (Å²) in [6, 6.07) is 7.49. The minimum atomic E-state index is -0.488. The number of amides is 1. The number of aliphatic hydroxyl groups excluding tert-OH is 1. The fraction of sp³-hybridized carbons (Fsp3) is 0.238. The first-order valence-corrected chi connectivity index (χ1v) is 10.7. The fourth-order valence-corrected chi connectivity index (χ4v) is 4.91. The Morgan fingerprint density at radius 2 is 2.23 bits per heavy atom. The van der Waals surface area contributed by atoms with E-state index in [2.05, 4.69) is 15.2 Å². The molecule has 2 N–H and O–H groups in total. The van der Waals surface area contributed by atoms with Crippen LogP contribution < -0.4 is 0 Å². The van der Waals surface area contributed by atoms with E-state index in [0.717, 1.165) is 32.6 Å². The summed E-state index contributed by atoms with van der Waals surface area (Å²) in [4.78, 5) is 24.5. The minimum Gasteiger partial charge on any atom is -0.391 e. The van der Waals surface area contributed by atoms with Crippen molar-refractivity contribution in [1.82, 2.24) is 25.1 Å². The summed E-state index contributed by atoms with van der Waals surface area (Å²) in [6.07, 6.45) is 3.51. The molecule has 1 fully saturated rings. The van der Waals surface area contributed by atoms with Crippen LogP contribution in [-0.2, 0) is 0 Å². The fourth-order valence-electron chi connectivity index (χ4n) is 3.70. The number of carbonyl (C=O) groups is 1. The lowest BCUT2D eigenvalue weighted by atomic mass is 10.1. The second kappa shape index (κ2) is 7.46. The molecule has 1 aliphatic heterocycles. The van der Waals surface area contributed by atoms with Crippen molar-refractivity contribution in [3.8, 4) is 21.1 Å². The average molecular weight is 440 g/mol. The SMILES string of the molecule is Cc1c(Cl)ccc2c(-c3nc(C(=O)N4CC[C@@H](O)C4)c(-c4cccnc4)s3)[nH]nc12. The number of nitrogens with zero attached hydrogens (tertiary/aromatic N) is 4. The summed E-state index contributed by atoms with van der Waals surface area (Å²) < 4.78 is 0. The first-order valence-electron chi connectivity index (χ1n) is 9.55. The van der Waals surface area contributed by atoms with E-state index in [1.54, 1.807) is 17.3 Å². The highest BCUT2D eigenvalue weighted by Crippen LogP contribution is 2.39. The molecule has 0 unspecified atom stereocenters. The molecule has 1 aliphatic rings. The van der Waals surface area contributed by atoms with Crippen LogP contribution in [0.4, 0.5) is 0 Å². The van der Waals surface area contributed by atoms with Crippen molar-refractivity contribution in [3.05, 3.63) is 52.9 Å². The molecule has 4 aromatic rings. The van der Waals surface area contributed by atoms with E-state index in [4.69, 9.17) is 16.6 Å². The van der Waals surface area contributed by atoms with E-state index in [9.17, 15) is 9.90 Å². The van der Waals surface area contributed by atoms with Crippen molar-refractivity contribution in [2.24, 2.45) is 0 Å². The van der Waals surface area contributed by atoms with Crippen molar-refractivity contribution in [2.45, 2.75) is 19.4 Å². The standard InChI is InChI=1S/C21H18ClN5O2S/c1-11-15(22)5-4-14-16(11)25-26-17(14)20-24-18(21(29)27-8-6-13(28)10-27)19(30-20)12-3-2-7-23-9-12/h2-5,7,9,13,28H,6,8,10H2,1H3,(H,25,26)/t13-/m1/s1. The Bertz CT molecular complexity index is 1250. The van der Waals surface area contributed by atoms with Gasteiger partial charge in [0, 0.05) is 41.5 Å². The van der Waals surface area contributed by atoms with Crippen molar-refractivity contribution >= 4 is 39.7 Å². The molecule has 4 heterocycles. The second-order valence-corrected chi connectivity index (χ2v) is 8.71. The third kappa shape index (κ3) is 3.17. The van der Waals surface area contributed by atoms with Crippen LogP contribution in [0.25, 0.3) is 32.0 Å². The highest BCUT2D eigenvalue weighted by atomic mass is 35.5. The van der Waals surface area contributed by atoms with Gasteiger partial charge in [-0.3, -0.25) is 14.9 Å². The number of β-amino-alcohol motifs (C(OH)–C–C–N with tert-alkyl or cyclic N) is 1. The minimum absolute atomic E-state index is 0.184. The maximum atomic E-state index is 13.2. The quantitative estimate of drug-likeness (QED) is 0.504. The number of hydrogen-bond donors (Lipinski definition) is 2. The van der Waals surface area contributed by atoms with Crippen LogP contribution in [0, 0.1) is 6.92 Å². The van der Waals surface area contributed by atoms with Gasteiger partial charge < -0.3 is 10.0 Å². The number of likely N-dealkylation sites (tertiary alicyclic amines) is 1. The summed E-state index contributed by atoms with van der Waals surface area (Å²) in [5.41, 5.74) is 3.62. The van der Waals surface area contributed by atoms with Gasteiger partial charge in [0.2, 0.25) is 0 Å². The van der Waals surface area contributed by atoms with Gasteiger partial charge in [-0.1, -0.05) is 17.7 Å². The van der Waals surface area contributed by atoms with Gasteiger partial charge in [0.1, 0.15) is 16.4 Å². The number of hydrogen-bond acceptors (Lipinski definition) is 6. The first kappa shape index (κ1) is 19.2. The smallest absolute Gasteiger partial charge is 0.274 e. The molecule has 1 saturated heterocycles. The molecule has 9 heteroatoms. The number of pyridine rings is 1. The van der Waals surface area contributed by atoms with Gasteiger partial charge in [0.05, 0.1) is 16.5 Å². The summed E-state index contributed by atoms with van der Waals surface area (Å²) in [6.45, 7) is 2.76. The van der Waals surface area contributed by atoms with Gasteiger partial charge in [-0.25, -0.2) is 4.98 Å². The summed E-state index contributed by atoms with van der Waals surface area (Å²) in [5, 5.41) is 19.6. The molecular formula is C21H18ClN5O2S. The summed E-state index contributed by atoms with van der Waals surface area (Å²) in [7, 11) is 0. The van der Waals surface area contributed by atoms with E-state index >= 15 is 0 Å². The molecule has 152 valence electrons. The molecule has 1 amide bonds.